The van der Waals surface area contributed by atoms with Crippen LogP contribution in [0, 0.1) is 0 Å². The molecular formula is C8H5ClO2. The molecule has 0 saturated heterocycles. The lowest BCUT2D eigenvalue weighted by molar-refractivity contribution is 0.474. The second kappa shape index (κ2) is 2.17. The lowest BCUT2D eigenvalue weighted by atomic mass is 10.2. The van der Waals surface area contributed by atoms with Crippen LogP contribution in [0.2, 0.25) is 5.02 Å². The van der Waals surface area contributed by atoms with Crippen LogP contribution in [0.1, 0.15) is 0 Å². The Morgan fingerprint density at radius 2 is 2.18 bits per heavy atom. The van der Waals surface area contributed by atoms with Gasteiger partial charge in [-0.3, -0.25) is 0 Å². The Labute approximate surface area is 68.0 Å². The predicted molar refractivity (Wildman–Crippen MR) is 42.9 cm³/mol. The molecule has 1 N–H and O–H groups in total. The second-order valence-electron chi connectivity index (χ2n) is 2.26. The number of fused-ring (bicyclic) bond motifs is 1. The molecule has 0 radical (unpaired) electrons. The number of rotatable bonds is 0. The molecular weight excluding hydrogens is 164 g/mol. The molecule has 0 saturated carbocycles. The Morgan fingerprint density at radius 1 is 1.36 bits per heavy atom. The molecule has 0 fully saturated rings. The number of aromatic hydroxyl groups is 1. The molecule has 0 spiro atoms. The lowest BCUT2D eigenvalue weighted by Crippen LogP contribution is -1.67. The molecule has 0 aliphatic heterocycles. The molecule has 0 bridgehead atoms. The Kier molecular flexibility index (Phi) is 1.29. The van der Waals surface area contributed by atoms with Gasteiger partial charge in [-0.1, -0.05) is 11.6 Å². The zero-order valence-corrected chi connectivity index (χ0v) is 6.30. The van der Waals surface area contributed by atoms with E-state index in [2.05, 4.69) is 0 Å². The fourth-order valence-corrected chi connectivity index (χ4v) is 1.14. The van der Waals surface area contributed by atoms with Crippen molar-refractivity contribution in [3.05, 3.63) is 29.5 Å². The van der Waals surface area contributed by atoms with E-state index in [0.717, 1.165) is 5.39 Å². The minimum atomic E-state index is 0.0501. The molecule has 0 atom stereocenters. The second-order valence-corrected chi connectivity index (χ2v) is 2.67. The van der Waals surface area contributed by atoms with Crippen LogP contribution < -0.4 is 0 Å². The van der Waals surface area contributed by atoms with E-state index in [-0.39, 0.29) is 5.75 Å². The van der Waals surface area contributed by atoms with Crippen molar-refractivity contribution in [1.29, 1.82) is 0 Å². The fraction of sp³-hybridized carbons (Fsp3) is 0. The van der Waals surface area contributed by atoms with Gasteiger partial charge in [0.2, 0.25) is 0 Å². The monoisotopic (exact) mass is 168 g/mol. The van der Waals surface area contributed by atoms with Gasteiger partial charge in [-0.25, -0.2) is 0 Å². The Hall–Kier alpha value is -1.15. The van der Waals surface area contributed by atoms with E-state index in [1.165, 1.54) is 6.07 Å². The van der Waals surface area contributed by atoms with Crippen LogP contribution in [0.25, 0.3) is 11.0 Å². The van der Waals surface area contributed by atoms with E-state index in [1.54, 1.807) is 18.4 Å². The maximum atomic E-state index is 9.14. The number of benzene rings is 1. The minimum Gasteiger partial charge on any atom is -0.506 e. The molecule has 3 heteroatoms. The standard InChI is InChI=1S/C8H5ClO2/c9-6-3-5-1-2-11-8(5)4-7(6)10/h1-4,10H. The van der Waals surface area contributed by atoms with E-state index in [0.29, 0.717) is 10.6 Å². The molecule has 1 heterocycles. The average molecular weight is 169 g/mol. The van der Waals surface area contributed by atoms with E-state index in [9.17, 15) is 0 Å². The summed E-state index contributed by atoms with van der Waals surface area (Å²) in [5, 5.41) is 10.4. The zero-order valence-electron chi connectivity index (χ0n) is 5.54. The van der Waals surface area contributed by atoms with Gasteiger partial charge in [0, 0.05) is 11.5 Å². The maximum Gasteiger partial charge on any atom is 0.137 e. The van der Waals surface area contributed by atoms with Gasteiger partial charge in [-0.05, 0) is 12.1 Å². The van der Waals surface area contributed by atoms with Crippen molar-refractivity contribution in [3.63, 3.8) is 0 Å². The van der Waals surface area contributed by atoms with Crippen LogP contribution in [0.15, 0.2) is 28.9 Å². The highest BCUT2D eigenvalue weighted by atomic mass is 35.5. The summed E-state index contributed by atoms with van der Waals surface area (Å²) in [6.45, 7) is 0. The smallest absolute Gasteiger partial charge is 0.137 e. The first kappa shape index (κ1) is 6.55. The zero-order chi connectivity index (χ0) is 7.84. The SMILES string of the molecule is Oc1cc2occc2cc1Cl. The number of phenolic OH excluding ortho intramolecular Hbond substituents is 1. The first-order chi connectivity index (χ1) is 5.27. The number of hydrogen-bond donors (Lipinski definition) is 1. The summed E-state index contributed by atoms with van der Waals surface area (Å²) in [6.07, 6.45) is 1.56. The maximum absolute atomic E-state index is 9.14. The van der Waals surface area contributed by atoms with Crippen LogP contribution in [0.4, 0.5) is 0 Å². The lowest BCUT2D eigenvalue weighted by Gasteiger charge is -1.93. The van der Waals surface area contributed by atoms with Crippen LogP contribution in [0.5, 0.6) is 5.75 Å². The number of furan rings is 1. The summed E-state index contributed by atoms with van der Waals surface area (Å²) >= 11 is 5.65. The van der Waals surface area contributed by atoms with Crippen LogP contribution in [-0.4, -0.2) is 5.11 Å². The van der Waals surface area contributed by atoms with E-state index in [1.807, 2.05) is 0 Å². The van der Waals surface area contributed by atoms with Crippen LogP contribution in [0.3, 0.4) is 0 Å². The van der Waals surface area contributed by atoms with Crippen molar-refractivity contribution in [2.75, 3.05) is 0 Å². The van der Waals surface area contributed by atoms with Gasteiger partial charge in [0.05, 0.1) is 11.3 Å². The van der Waals surface area contributed by atoms with Crippen molar-refractivity contribution in [2.24, 2.45) is 0 Å². The molecule has 0 amide bonds. The van der Waals surface area contributed by atoms with Crippen molar-refractivity contribution in [1.82, 2.24) is 0 Å². The Morgan fingerprint density at radius 3 is 3.00 bits per heavy atom. The summed E-state index contributed by atoms with van der Waals surface area (Å²) in [5.74, 6) is 0.0501. The number of halogens is 1. The molecule has 2 rings (SSSR count). The van der Waals surface area contributed by atoms with Gasteiger partial charge in [-0.2, -0.15) is 0 Å². The van der Waals surface area contributed by atoms with Gasteiger partial charge < -0.3 is 9.52 Å². The molecule has 2 nitrogen and oxygen atoms in total. The number of hydrogen-bond acceptors (Lipinski definition) is 2. The molecule has 1 aromatic carbocycles. The van der Waals surface area contributed by atoms with Gasteiger partial charge in [0.15, 0.2) is 0 Å². The van der Waals surface area contributed by atoms with Crippen molar-refractivity contribution >= 4 is 22.6 Å². The highest BCUT2D eigenvalue weighted by Crippen LogP contribution is 2.29. The first-order valence-corrected chi connectivity index (χ1v) is 3.51. The first-order valence-electron chi connectivity index (χ1n) is 3.13. The van der Waals surface area contributed by atoms with E-state index < -0.39 is 0 Å². The predicted octanol–water partition coefficient (Wildman–Crippen LogP) is 2.79. The summed E-state index contributed by atoms with van der Waals surface area (Å²) in [6, 6.07) is 4.95. The van der Waals surface area contributed by atoms with Crippen molar-refractivity contribution in [3.8, 4) is 5.75 Å². The van der Waals surface area contributed by atoms with Gasteiger partial charge in [0.25, 0.3) is 0 Å². The van der Waals surface area contributed by atoms with Gasteiger partial charge in [-0.15, -0.1) is 0 Å². The third-order valence-corrected chi connectivity index (χ3v) is 1.82. The largest absolute Gasteiger partial charge is 0.506 e. The van der Waals surface area contributed by atoms with Gasteiger partial charge >= 0.3 is 0 Å². The Balaban J connectivity index is 2.86. The van der Waals surface area contributed by atoms with Crippen LogP contribution >= 0.6 is 11.6 Å². The number of phenols is 1. The molecule has 1 aromatic heterocycles. The molecule has 0 unspecified atom stereocenters. The molecule has 0 aliphatic rings. The summed E-state index contributed by atoms with van der Waals surface area (Å²) in [5.41, 5.74) is 0.645. The van der Waals surface area contributed by atoms with E-state index in [4.69, 9.17) is 21.1 Å². The highest BCUT2D eigenvalue weighted by molar-refractivity contribution is 6.32. The summed E-state index contributed by atoms with van der Waals surface area (Å²) < 4.78 is 5.04. The third-order valence-electron chi connectivity index (χ3n) is 1.52. The minimum absolute atomic E-state index is 0.0501. The van der Waals surface area contributed by atoms with Crippen molar-refractivity contribution in [2.45, 2.75) is 0 Å². The summed E-state index contributed by atoms with van der Waals surface area (Å²) in [4.78, 5) is 0. The topological polar surface area (TPSA) is 33.4 Å². The average Bonchev–Trinajstić information content (AvgIpc) is 2.36. The summed E-state index contributed by atoms with van der Waals surface area (Å²) in [7, 11) is 0. The fourth-order valence-electron chi connectivity index (χ4n) is 0.971. The molecule has 0 aliphatic carbocycles. The van der Waals surface area contributed by atoms with Crippen LogP contribution in [-0.2, 0) is 0 Å². The Bertz CT molecular complexity index is 356. The van der Waals surface area contributed by atoms with Crippen molar-refractivity contribution < 1.29 is 9.52 Å². The molecule has 2 aromatic rings. The third kappa shape index (κ3) is 0.955. The molecule has 11 heavy (non-hydrogen) atoms. The highest BCUT2D eigenvalue weighted by Gasteiger charge is 2.02. The van der Waals surface area contributed by atoms with E-state index >= 15 is 0 Å². The van der Waals surface area contributed by atoms with Gasteiger partial charge in [0.1, 0.15) is 11.3 Å². The quantitative estimate of drug-likeness (QED) is 0.656. The normalized spacial score (nSPS) is 10.6. The molecule has 56 valence electrons.